The van der Waals surface area contributed by atoms with Gasteiger partial charge in [0.15, 0.2) is 0 Å². The first kappa shape index (κ1) is 18.3. The standard InChI is InChI=1S/C18H20F2N2O4/c1-18(2)8-22(7-11(18)17(25)26)9-5-12(19)15(13(20)6-9)10-3-4-14(23)21-16(10)24/h5-6,10-11H,3-4,7-8H2,1-2H3,(H,25,26)(H,21,23,24)/t10-,11-/m1/s1. The Morgan fingerprint density at radius 1 is 1.27 bits per heavy atom. The van der Waals surface area contributed by atoms with Crippen molar-refractivity contribution in [3.63, 3.8) is 0 Å². The van der Waals surface area contributed by atoms with E-state index in [1.807, 2.05) is 0 Å². The van der Waals surface area contributed by atoms with Crippen molar-refractivity contribution in [2.75, 3.05) is 18.0 Å². The fraction of sp³-hybridized carbons (Fsp3) is 0.500. The summed E-state index contributed by atoms with van der Waals surface area (Å²) >= 11 is 0. The number of anilines is 1. The monoisotopic (exact) mass is 366 g/mol. The number of carbonyl (C=O) groups excluding carboxylic acids is 2. The summed E-state index contributed by atoms with van der Waals surface area (Å²) in [5.41, 5.74) is -0.652. The Hall–Kier alpha value is -2.51. The SMILES string of the molecule is CC1(C)CN(c2cc(F)c([C@H]3CCC(=O)NC3=O)c(F)c2)C[C@@H]1C(=O)O. The van der Waals surface area contributed by atoms with E-state index in [1.54, 1.807) is 18.7 Å². The van der Waals surface area contributed by atoms with Crippen LogP contribution < -0.4 is 10.2 Å². The number of halogens is 2. The number of benzene rings is 1. The number of nitrogens with one attached hydrogen (secondary N) is 1. The molecule has 140 valence electrons. The molecule has 0 unspecified atom stereocenters. The molecule has 6 nitrogen and oxygen atoms in total. The van der Waals surface area contributed by atoms with Gasteiger partial charge in [0.05, 0.1) is 11.8 Å². The Balaban J connectivity index is 1.90. The number of piperidine rings is 1. The zero-order valence-electron chi connectivity index (χ0n) is 14.5. The highest BCUT2D eigenvalue weighted by Gasteiger charge is 2.44. The quantitative estimate of drug-likeness (QED) is 0.800. The predicted octanol–water partition coefficient (Wildman–Crippen LogP) is 2.03. The molecule has 1 aromatic carbocycles. The molecule has 2 saturated heterocycles. The molecule has 2 atom stereocenters. The summed E-state index contributed by atoms with van der Waals surface area (Å²) in [5.74, 6) is -5.55. The van der Waals surface area contributed by atoms with Gasteiger partial charge in [-0.2, -0.15) is 0 Å². The first-order valence-corrected chi connectivity index (χ1v) is 8.40. The van der Waals surface area contributed by atoms with E-state index in [4.69, 9.17) is 0 Å². The molecule has 0 aliphatic carbocycles. The topological polar surface area (TPSA) is 86.7 Å². The van der Waals surface area contributed by atoms with Crippen molar-refractivity contribution in [1.29, 1.82) is 0 Å². The maximum Gasteiger partial charge on any atom is 0.308 e. The second-order valence-corrected chi connectivity index (χ2v) is 7.59. The number of carbonyl (C=O) groups is 3. The number of carboxylic acids is 1. The highest BCUT2D eigenvalue weighted by molar-refractivity contribution is 6.01. The predicted molar refractivity (Wildman–Crippen MR) is 88.6 cm³/mol. The molecule has 2 heterocycles. The zero-order chi connectivity index (χ0) is 19.2. The van der Waals surface area contributed by atoms with Gasteiger partial charge in [0, 0.05) is 30.8 Å². The Labute approximate surface area is 149 Å². The van der Waals surface area contributed by atoms with E-state index in [0.29, 0.717) is 6.54 Å². The number of imide groups is 1. The van der Waals surface area contributed by atoms with Crippen LogP contribution >= 0.6 is 0 Å². The van der Waals surface area contributed by atoms with Crippen LogP contribution in [-0.4, -0.2) is 36.0 Å². The average molecular weight is 366 g/mol. The van der Waals surface area contributed by atoms with Crippen LogP contribution in [0.15, 0.2) is 12.1 Å². The lowest BCUT2D eigenvalue weighted by Crippen LogP contribution is -2.40. The summed E-state index contributed by atoms with van der Waals surface area (Å²) in [4.78, 5) is 36.2. The third kappa shape index (κ3) is 3.15. The molecule has 2 amide bonds. The first-order chi connectivity index (χ1) is 12.1. The summed E-state index contributed by atoms with van der Waals surface area (Å²) in [7, 11) is 0. The number of carboxylic acid groups (broad SMARTS) is 1. The molecule has 0 spiro atoms. The minimum atomic E-state index is -1.05. The second kappa shape index (κ2) is 6.34. The van der Waals surface area contributed by atoms with Gasteiger partial charge in [0.1, 0.15) is 11.6 Å². The minimum Gasteiger partial charge on any atom is -0.481 e. The number of amides is 2. The van der Waals surface area contributed by atoms with Crippen molar-refractivity contribution >= 4 is 23.5 Å². The van der Waals surface area contributed by atoms with Crippen LogP contribution in [0.4, 0.5) is 14.5 Å². The van der Waals surface area contributed by atoms with Crippen LogP contribution in [0, 0.1) is 23.0 Å². The molecule has 2 aliphatic heterocycles. The zero-order valence-corrected chi connectivity index (χ0v) is 14.5. The van der Waals surface area contributed by atoms with Crippen molar-refractivity contribution in [2.45, 2.75) is 32.6 Å². The molecular weight excluding hydrogens is 346 g/mol. The highest BCUT2D eigenvalue weighted by atomic mass is 19.1. The van der Waals surface area contributed by atoms with Crippen LogP contribution in [0.5, 0.6) is 0 Å². The second-order valence-electron chi connectivity index (χ2n) is 7.59. The molecule has 1 aromatic rings. The van der Waals surface area contributed by atoms with Gasteiger partial charge in [-0.25, -0.2) is 8.78 Å². The highest BCUT2D eigenvalue weighted by Crippen LogP contribution is 2.39. The summed E-state index contributed by atoms with van der Waals surface area (Å²) in [5, 5.41) is 11.4. The van der Waals surface area contributed by atoms with Crippen molar-refractivity contribution in [3.05, 3.63) is 29.3 Å². The maximum absolute atomic E-state index is 14.6. The largest absolute Gasteiger partial charge is 0.481 e. The maximum atomic E-state index is 14.6. The molecule has 0 bridgehead atoms. The molecule has 26 heavy (non-hydrogen) atoms. The van der Waals surface area contributed by atoms with Gasteiger partial charge in [-0.05, 0) is 24.0 Å². The van der Waals surface area contributed by atoms with Crippen LogP contribution in [0.25, 0.3) is 0 Å². The van der Waals surface area contributed by atoms with Gasteiger partial charge in [-0.3, -0.25) is 19.7 Å². The van der Waals surface area contributed by atoms with E-state index in [0.717, 1.165) is 12.1 Å². The lowest BCUT2D eigenvalue weighted by Gasteiger charge is -2.25. The average Bonchev–Trinajstić information content (AvgIpc) is 2.84. The van der Waals surface area contributed by atoms with E-state index in [-0.39, 0.29) is 30.6 Å². The first-order valence-electron chi connectivity index (χ1n) is 8.40. The third-order valence-corrected chi connectivity index (χ3v) is 5.26. The molecule has 2 N–H and O–H groups in total. The summed E-state index contributed by atoms with van der Waals surface area (Å²) in [6, 6.07) is 2.25. The van der Waals surface area contributed by atoms with Crippen LogP contribution in [0.2, 0.25) is 0 Å². The van der Waals surface area contributed by atoms with E-state index in [1.165, 1.54) is 0 Å². The van der Waals surface area contributed by atoms with Crippen molar-refractivity contribution in [3.8, 4) is 0 Å². The smallest absolute Gasteiger partial charge is 0.308 e. The molecule has 3 rings (SSSR count). The molecule has 0 aromatic heterocycles. The van der Waals surface area contributed by atoms with E-state index in [2.05, 4.69) is 5.32 Å². The van der Waals surface area contributed by atoms with Gasteiger partial charge >= 0.3 is 5.97 Å². The normalized spacial score (nSPS) is 25.3. The Morgan fingerprint density at radius 3 is 2.38 bits per heavy atom. The van der Waals surface area contributed by atoms with Gasteiger partial charge in [-0.1, -0.05) is 13.8 Å². The lowest BCUT2D eigenvalue weighted by atomic mass is 9.82. The van der Waals surface area contributed by atoms with Crippen molar-refractivity contribution < 1.29 is 28.3 Å². The summed E-state index contributed by atoms with van der Waals surface area (Å²) in [6.45, 7) is 4.10. The van der Waals surface area contributed by atoms with Gasteiger partial charge in [0.25, 0.3) is 0 Å². The molecule has 8 heteroatoms. The van der Waals surface area contributed by atoms with Gasteiger partial charge in [-0.15, -0.1) is 0 Å². The number of hydrogen-bond donors (Lipinski definition) is 2. The number of hydrogen-bond acceptors (Lipinski definition) is 4. The van der Waals surface area contributed by atoms with Crippen molar-refractivity contribution in [2.24, 2.45) is 11.3 Å². The Morgan fingerprint density at radius 2 is 1.88 bits per heavy atom. The van der Waals surface area contributed by atoms with E-state index < -0.39 is 46.7 Å². The number of rotatable bonds is 3. The van der Waals surface area contributed by atoms with E-state index in [9.17, 15) is 28.3 Å². The molecular formula is C18H20F2N2O4. The Bertz CT molecular complexity index is 770. The minimum absolute atomic E-state index is 0.0254. The molecule has 2 aliphatic rings. The fourth-order valence-electron chi connectivity index (χ4n) is 3.80. The summed E-state index contributed by atoms with van der Waals surface area (Å²) in [6.07, 6.45) is 0.0767. The molecule has 2 fully saturated rings. The fourth-order valence-corrected chi connectivity index (χ4v) is 3.80. The van der Waals surface area contributed by atoms with Gasteiger partial charge in [0.2, 0.25) is 11.8 Å². The van der Waals surface area contributed by atoms with Crippen LogP contribution in [0.1, 0.15) is 38.2 Å². The molecule has 0 radical (unpaired) electrons. The summed E-state index contributed by atoms with van der Waals surface area (Å²) < 4.78 is 29.2. The molecule has 0 saturated carbocycles. The van der Waals surface area contributed by atoms with Crippen molar-refractivity contribution in [1.82, 2.24) is 5.32 Å². The Kier molecular flexibility index (Phi) is 4.46. The number of nitrogens with zero attached hydrogens (tertiary/aromatic N) is 1. The van der Waals surface area contributed by atoms with E-state index >= 15 is 0 Å². The van der Waals surface area contributed by atoms with Crippen LogP contribution in [-0.2, 0) is 14.4 Å². The van der Waals surface area contributed by atoms with Gasteiger partial charge < -0.3 is 10.0 Å². The lowest BCUT2D eigenvalue weighted by molar-refractivity contribution is -0.144. The van der Waals surface area contributed by atoms with Crippen LogP contribution in [0.3, 0.4) is 0 Å². The third-order valence-electron chi connectivity index (χ3n) is 5.26. The number of aliphatic carboxylic acids is 1.